The Hall–Kier alpha value is -2.35. The number of nitrogens with one attached hydrogen (secondary N) is 1. The molecular weight excluding hydrogens is 281 g/mol. The predicted octanol–water partition coefficient (Wildman–Crippen LogP) is 3.15. The van der Waals surface area contributed by atoms with Crippen LogP contribution in [0, 0.1) is 29.0 Å². The fraction of sp³-hybridized carbons (Fsp3) is 0.412. The maximum atomic E-state index is 12.8. The van der Waals surface area contributed by atoms with Gasteiger partial charge in [0.1, 0.15) is 17.5 Å². The first-order chi connectivity index (χ1) is 10.5. The van der Waals surface area contributed by atoms with Gasteiger partial charge in [-0.25, -0.2) is 4.39 Å². The lowest BCUT2D eigenvalue weighted by Gasteiger charge is -2.34. The molecule has 1 saturated heterocycles. The first-order valence-corrected chi connectivity index (χ1v) is 7.41. The molecule has 2 unspecified atom stereocenters. The van der Waals surface area contributed by atoms with Crippen LogP contribution in [0.4, 0.5) is 10.1 Å². The van der Waals surface area contributed by atoms with Gasteiger partial charge in [-0.1, -0.05) is 13.8 Å². The van der Waals surface area contributed by atoms with Gasteiger partial charge in [0, 0.05) is 25.0 Å². The zero-order chi connectivity index (χ0) is 16.1. The summed E-state index contributed by atoms with van der Waals surface area (Å²) in [5.41, 5.74) is 0.526. The van der Waals surface area contributed by atoms with E-state index in [1.165, 1.54) is 24.3 Å². The molecule has 2 rings (SSSR count). The monoisotopic (exact) mass is 301 g/mol. The number of benzene rings is 1. The molecular formula is C17H20FN3O. The Morgan fingerprint density at radius 2 is 1.91 bits per heavy atom. The fourth-order valence-corrected chi connectivity index (χ4v) is 2.87. The molecule has 5 heteroatoms. The lowest BCUT2D eigenvalue weighted by atomic mass is 9.92. The third-order valence-corrected chi connectivity index (χ3v) is 3.68. The quantitative estimate of drug-likeness (QED) is 0.689. The molecule has 116 valence electrons. The van der Waals surface area contributed by atoms with Crippen molar-refractivity contribution < 1.29 is 9.18 Å². The zero-order valence-electron chi connectivity index (χ0n) is 12.8. The highest BCUT2D eigenvalue weighted by atomic mass is 19.1. The van der Waals surface area contributed by atoms with E-state index in [-0.39, 0.29) is 11.4 Å². The molecule has 0 aromatic heterocycles. The van der Waals surface area contributed by atoms with Crippen molar-refractivity contribution in [3.8, 4) is 6.07 Å². The van der Waals surface area contributed by atoms with Crippen LogP contribution in [0.5, 0.6) is 0 Å². The van der Waals surface area contributed by atoms with Crippen molar-refractivity contribution >= 4 is 11.6 Å². The third kappa shape index (κ3) is 4.32. The summed E-state index contributed by atoms with van der Waals surface area (Å²) < 4.78 is 12.8. The number of hydrogen-bond acceptors (Lipinski definition) is 3. The Balaban J connectivity index is 2.06. The highest BCUT2D eigenvalue weighted by Gasteiger charge is 2.21. The molecule has 1 aromatic rings. The number of halogens is 1. The zero-order valence-corrected chi connectivity index (χ0v) is 12.8. The summed E-state index contributed by atoms with van der Waals surface area (Å²) >= 11 is 0. The molecule has 1 aromatic carbocycles. The molecule has 22 heavy (non-hydrogen) atoms. The topological polar surface area (TPSA) is 56.1 Å². The van der Waals surface area contributed by atoms with E-state index in [1.807, 2.05) is 11.0 Å². The summed E-state index contributed by atoms with van der Waals surface area (Å²) in [5, 5.41) is 11.8. The standard InChI is InChI=1S/C17H20FN3O/c1-12-7-13(2)10-21(9-12)11-14(8-19)17(22)20-16-5-3-15(18)4-6-16/h3-6,11-13H,7,9-10H2,1-2H3,(H,20,22)/b14-11-. The molecule has 0 aliphatic carbocycles. The van der Waals surface area contributed by atoms with E-state index in [9.17, 15) is 14.4 Å². The van der Waals surface area contributed by atoms with E-state index < -0.39 is 5.91 Å². The van der Waals surface area contributed by atoms with E-state index in [1.54, 1.807) is 6.20 Å². The summed E-state index contributed by atoms with van der Waals surface area (Å²) in [6, 6.07) is 7.40. The van der Waals surface area contributed by atoms with Crippen LogP contribution < -0.4 is 5.32 Å². The Bertz CT molecular complexity index is 593. The average molecular weight is 301 g/mol. The van der Waals surface area contributed by atoms with Gasteiger partial charge < -0.3 is 10.2 Å². The van der Waals surface area contributed by atoms with Crippen LogP contribution in [0.1, 0.15) is 20.3 Å². The van der Waals surface area contributed by atoms with E-state index in [2.05, 4.69) is 19.2 Å². The lowest BCUT2D eigenvalue weighted by molar-refractivity contribution is -0.112. The van der Waals surface area contributed by atoms with Crippen molar-refractivity contribution in [2.75, 3.05) is 18.4 Å². The van der Waals surface area contributed by atoms with Crippen LogP contribution in [0.25, 0.3) is 0 Å². The molecule has 0 bridgehead atoms. The SMILES string of the molecule is CC1CC(C)CN(/C=C(/C#N)C(=O)Nc2ccc(F)cc2)C1. The van der Waals surface area contributed by atoms with Gasteiger partial charge in [0.05, 0.1) is 0 Å². The smallest absolute Gasteiger partial charge is 0.267 e. The highest BCUT2D eigenvalue weighted by molar-refractivity contribution is 6.06. The predicted molar refractivity (Wildman–Crippen MR) is 83.2 cm³/mol. The largest absolute Gasteiger partial charge is 0.376 e. The Morgan fingerprint density at radius 3 is 2.45 bits per heavy atom. The average Bonchev–Trinajstić information content (AvgIpc) is 2.46. The Morgan fingerprint density at radius 1 is 1.32 bits per heavy atom. The maximum absolute atomic E-state index is 12.8. The second kappa shape index (κ2) is 7.08. The molecule has 0 radical (unpaired) electrons. The second-order valence-corrected chi connectivity index (χ2v) is 6.02. The summed E-state index contributed by atoms with van der Waals surface area (Å²) in [6.45, 7) is 6.03. The van der Waals surface area contributed by atoms with E-state index in [4.69, 9.17) is 0 Å². The summed E-state index contributed by atoms with van der Waals surface area (Å²) in [4.78, 5) is 14.2. The van der Waals surface area contributed by atoms with Crippen molar-refractivity contribution in [2.24, 2.45) is 11.8 Å². The number of hydrogen-bond donors (Lipinski definition) is 1. The number of carbonyl (C=O) groups excluding carboxylic acids is 1. The van der Waals surface area contributed by atoms with Gasteiger partial charge in [-0.3, -0.25) is 4.79 Å². The van der Waals surface area contributed by atoms with Gasteiger partial charge in [-0.05, 0) is 42.5 Å². The summed E-state index contributed by atoms with van der Waals surface area (Å²) in [6.07, 6.45) is 2.79. The first-order valence-electron chi connectivity index (χ1n) is 7.41. The van der Waals surface area contributed by atoms with Crippen molar-refractivity contribution in [1.82, 2.24) is 4.90 Å². The van der Waals surface area contributed by atoms with E-state index in [0.29, 0.717) is 17.5 Å². The number of nitrogens with zero attached hydrogens (tertiary/aromatic N) is 2. The second-order valence-electron chi connectivity index (χ2n) is 6.02. The van der Waals surface area contributed by atoms with Crippen LogP contribution in [0.2, 0.25) is 0 Å². The molecule has 4 nitrogen and oxygen atoms in total. The van der Waals surface area contributed by atoms with Crippen LogP contribution >= 0.6 is 0 Å². The minimum absolute atomic E-state index is 0.0608. The molecule has 1 heterocycles. The van der Waals surface area contributed by atoms with Crippen LogP contribution in [0.15, 0.2) is 36.0 Å². The Labute approximate surface area is 130 Å². The number of anilines is 1. The fourth-order valence-electron chi connectivity index (χ4n) is 2.87. The van der Waals surface area contributed by atoms with Gasteiger partial charge in [-0.2, -0.15) is 5.26 Å². The number of rotatable bonds is 3. The minimum Gasteiger partial charge on any atom is -0.376 e. The number of amides is 1. The molecule has 1 amide bonds. The highest BCUT2D eigenvalue weighted by Crippen LogP contribution is 2.21. The molecule has 0 spiro atoms. The number of likely N-dealkylation sites (tertiary alicyclic amines) is 1. The van der Waals surface area contributed by atoms with Crippen LogP contribution in [0.3, 0.4) is 0 Å². The van der Waals surface area contributed by atoms with Crippen molar-refractivity contribution in [3.63, 3.8) is 0 Å². The molecule has 2 atom stereocenters. The molecule has 1 N–H and O–H groups in total. The van der Waals surface area contributed by atoms with Gasteiger partial charge in [0.2, 0.25) is 0 Å². The minimum atomic E-state index is -0.472. The van der Waals surface area contributed by atoms with Crippen molar-refractivity contribution in [2.45, 2.75) is 20.3 Å². The van der Waals surface area contributed by atoms with Crippen molar-refractivity contribution in [1.29, 1.82) is 5.26 Å². The lowest BCUT2D eigenvalue weighted by Crippen LogP contribution is -2.35. The van der Waals surface area contributed by atoms with Crippen LogP contribution in [-0.4, -0.2) is 23.9 Å². The van der Waals surface area contributed by atoms with Crippen molar-refractivity contribution in [3.05, 3.63) is 41.9 Å². The van der Waals surface area contributed by atoms with Gasteiger partial charge in [0.25, 0.3) is 5.91 Å². The van der Waals surface area contributed by atoms with Crippen LogP contribution in [-0.2, 0) is 4.79 Å². The third-order valence-electron chi connectivity index (χ3n) is 3.68. The number of nitriles is 1. The Kier molecular flexibility index (Phi) is 5.16. The molecule has 1 fully saturated rings. The maximum Gasteiger partial charge on any atom is 0.267 e. The number of piperidine rings is 1. The molecule has 1 aliphatic rings. The molecule has 0 saturated carbocycles. The summed E-state index contributed by atoms with van der Waals surface area (Å²) in [7, 11) is 0. The number of carbonyl (C=O) groups is 1. The van der Waals surface area contributed by atoms with Gasteiger partial charge in [0.15, 0.2) is 0 Å². The van der Waals surface area contributed by atoms with E-state index >= 15 is 0 Å². The normalized spacial score (nSPS) is 22.1. The molecule has 1 aliphatic heterocycles. The first kappa shape index (κ1) is 16.0. The van der Waals surface area contributed by atoms with Gasteiger partial charge >= 0.3 is 0 Å². The summed E-state index contributed by atoms with van der Waals surface area (Å²) in [5.74, 6) is 0.241. The van der Waals surface area contributed by atoms with Gasteiger partial charge in [-0.15, -0.1) is 0 Å². The van der Waals surface area contributed by atoms with E-state index in [0.717, 1.165) is 19.5 Å².